The Kier molecular flexibility index (Phi) is 5.87. The third-order valence-electron chi connectivity index (χ3n) is 6.32. The van der Waals surface area contributed by atoms with Crippen LogP contribution >= 0.6 is 0 Å². The number of carbonyl (C=O) groups excluding carboxylic acids is 1. The SMILES string of the molecule is CC(C)C[C@H]1CN(c2ccc(C(F)(F)F)c(C(=O)c3cccnc3N)n2)CC2(CCC2)N1. The highest BCUT2D eigenvalue weighted by atomic mass is 19.4. The fourth-order valence-corrected chi connectivity index (χ4v) is 4.77. The number of carbonyl (C=O) groups is 1. The number of nitrogens with one attached hydrogen (secondary N) is 1. The molecule has 0 radical (unpaired) electrons. The molecule has 1 spiro atoms. The molecule has 2 aromatic heterocycles. The molecule has 0 amide bonds. The highest BCUT2D eigenvalue weighted by molar-refractivity contribution is 6.11. The quantitative estimate of drug-likeness (QED) is 0.673. The number of hydrogen-bond acceptors (Lipinski definition) is 6. The average molecular weight is 448 g/mol. The summed E-state index contributed by atoms with van der Waals surface area (Å²) in [5.74, 6) is -0.136. The van der Waals surface area contributed by atoms with Gasteiger partial charge in [-0.1, -0.05) is 13.8 Å². The molecule has 0 unspecified atom stereocenters. The summed E-state index contributed by atoms with van der Waals surface area (Å²) in [5, 5.41) is 3.76. The summed E-state index contributed by atoms with van der Waals surface area (Å²) in [5.41, 5.74) is 3.93. The van der Waals surface area contributed by atoms with Crippen molar-refractivity contribution in [3.63, 3.8) is 0 Å². The van der Waals surface area contributed by atoms with Gasteiger partial charge < -0.3 is 16.0 Å². The van der Waals surface area contributed by atoms with Crippen LogP contribution in [0.2, 0.25) is 0 Å². The molecule has 6 nitrogen and oxygen atoms in total. The zero-order valence-corrected chi connectivity index (χ0v) is 18.2. The van der Waals surface area contributed by atoms with Gasteiger partial charge in [-0.3, -0.25) is 4.79 Å². The fraction of sp³-hybridized carbons (Fsp3) is 0.522. The molecule has 1 saturated heterocycles. The second-order valence-electron chi connectivity index (χ2n) is 9.31. The predicted octanol–water partition coefficient (Wildman–Crippen LogP) is 4.06. The first kappa shape index (κ1) is 22.5. The Morgan fingerprint density at radius 2 is 2.06 bits per heavy atom. The topological polar surface area (TPSA) is 84.1 Å². The van der Waals surface area contributed by atoms with Crippen molar-refractivity contribution in [2.45, 2.75) is 57.3 Å². The minimum atomic E-state index is -4.72. The number of halogens is 3. The van der Waals surface area contributed by atoms with E-state index in [4.69, 9.17) is 5.73 Å². The molecule has 2 fully saturated rings. The van der Waals surface area contributed by atoms with E-state index in [0.29, 0.717) is 24.8 Å². The van der Waals surface area contributed by atoms with Gasteiger partial charge in [-0.15, -0.1) is 0 Å². The van der Waals surface area contributed by atoms with Gasteiger partial charge in [0.25, 0.3) is 0 Å². The number of rotatable bonds is 5. The van der Waals surface area contributed by atoms with Crippen LogP contribution in [0, 0.1) is 5.92 Å². The van der Waals surface area contributed by atoms with Gasteiger partial charge in [0.1, 0.15) is 17.3 Å². The number of alkyl halides is 3. The maximum Gasteiger partial charge on any atom is 0.418 e. The van der Waals surface area contributed by atoms with Crippen LogP contribution in [0.4, 0.5) is 24.8 Å². The number of hydrogen-bond donors (Lipinski definition) is 2. The minimum absolute atomic E-state index is 0.0415. The van der Waals surface area contributed by atoms with E-state index in [1.807, 2.05) is 4.90 Å². The number of ketones is 1. The van der Waals surface area contributed by atoms with E-state index in [9.17, 15) is 18.0 Å². The lowest BCUT2D eigenvalue weighted by Crippen LogP contribution is -2.68. The second-order valence-corrected chi connectivity index (χ2v) is 9.31. The number of nitrogen functional groups attached to an aromatic ring is 1. The van der Waals surface area contributed by atoms with Crippen molar-refractivity contribution in [2.75, 3.05) is 23.7 Å². The number of piperazine rings is 1. The largest absolute Gasteiger partial charge is 0.418 e. The summed E-state index contributed by atoms with van der Waals surface area (Å²) < 4.78 is 41.2. The van der Waals surface area contributed by atoms with E-state index < -0.39 is 23.2 Å². The minimum Gasteiger partial charge on any atom is -0.383 e. The fourth-order valence-electron chi connectivity index (χ4n) is 4.77. The summed E-state index contributed by atoms with van der Waals surface area (Å²) >= 11 is 0. The zero-order valence-electron chi connectivity index (χ0n) is 18.2. The summed E-state index contributed by atoms with van der Waals surface area (Å²) in [4.78, 5) is 23.2. The Labute approximate surface area is 185 Å². The van der Waals surface area contributed by atoms with Crippen molar-refractivity contribution in [3.05, 3.63) is 47.3 Å². The first-order chi connectivity index (χ1) is 15.1. The summed E-state index contributed by atoms with van der Waals surface area (Å²) in [6.45, 7) is 5.59. The lowest BCUT2D eigenvalue weighted by molar-refractivity contribution is -0.138. The summed E-state index contributed by atoms with van der Waals surface area (Å²) in [7, 11) is 0. The van der Waals surface area contributed by atoms with Gasteiger partial charge in [0, 0.05) is 30.9 Å². The lowest BCUT2D eigenvalue weighted by Gasteiger charge is -2.53. The van der Waals surface area contributed by atoms with Gasteiger partial charge in [-0.2, -0.15) is 13.2 Å². The van der Waals surface area contributed by atoms with Crippen LogP contribution in [-0.2, 0) is 6.18 Å². The molecular weight excluding hydrogens is 419 g/mol. The molecular formula is C23H28F3N5O. The molecule has 9 heteroatoms. The third-order valence-corrected chi connectivity index (χ3v) is 6.32. The first-order valence-electron chi connectivity index (χ1n) is 10.9. The Balaban J connectivity index is 1.73. The predicted molar refractivity (Wildman–Crippen MR) is 116 cm³/mol. The molecule has 1 atom stereocenters. The van der Waals surface area contributed by atoms with E-state index in [2.05, 4.69) is 29.1 Å². The number of nitrogens with zero attached hydrogens (tertiary/aromatic N) is 3. The summed E-state index contributed by atoms with van der Waals surface area (Å²) in [6, 6.07) is 5.37. The molecule has 2 aromatic rings. The summed E-state index contributed by atoms with van der Waals surface area (Å²) in [6.07, 6.45) is 0.796. The second kappa shape index (κ2) is 8.35. The molecule has 172 valence electrons. The monoisotopic (exact) mass is 447 g/mol. The van der Waals surface area contributed by atoms with E-state index in [0.717, 1.165) is 31.7 Å². The average Bonchev–Trinajstić information content (AvgIpc) is 2.70. The number of nitrogens with two attached hydrogens (primary N) is 1. The smallest absolute Gasteiger partial charge is 0.383 e. The van der Waals surface area contributed by atoms with Crippen LogP contribution in [0.25, 0.3) is 0 Å². The van der Waals surface area contributed by atoms with Gasteiger partial charge in [0.15, 0.2) is 0 Å². The lowest BCUT2D eigenvalue weighted by atomic mass is 9.74. The van der Waals surface area contributed by atoms with E-state index >= 15 is 0 Å². The third kappa shape index (κ3) is 4.44. The van der Waals surface area contributed by atoms with Crippen molar-refractivity contribution < 1.29 is 18.0 Å². The van der Waals surface area contributed by atoms with Crippen LogP contribution < -0.4 is 16.0 Å². The molecule has 1 saturated carbocycles. The van der Waals surface area contributed by atoms with E-state index in [-0.39, 0.29) is 23.0 Å². The van der Waals surface area contributed by atoms with Gasteiger partial charge in [0.05, 0.1) is 11.1 Å². The molecule has 1 aliphatic heterocycles. The van der Waals surface area contributed by atoms with Crippen LogP contribution in [-0.4, -0.2) is 40.4 Å². The Hall–Kier alpha value is -2.68. The maximum atomic E-state index is 13.7. The molecule has 3 N–H and O–H groups in total. The van der Waals surface area contributed by atoms with Crippen LogP contribution in [0.3, 0.4) is 0 Å². The van der Waals surface area contributed by atoms with Crippen LogP contribution in [0.15, 0.2) is 30.5 Å². The van der Waals surface area contributed by atoms with Crippen molar-refractivity contribution in [2.24, 2.45) is 5.92 Å². The standard InChI is InChI=1S/C23H28F3N5O/c1-14(2)11-15-12-31(13-22(30-15)8-4-9-22)18-7-6-17(23(24,25)26)19(29-18)20(32)16-5-3-10-28-21(16)27/h3,5-7,10,14-15,30H,4,8-9,11-13H2,1-2H3,(H2,27,28)/t15-/m0/s1. The van der Waals surface area contributed by atoms with Gasteiger partial charge in [0.2, 0.25) is 5.78 Å². The zero-order chi connectivity index (χ0) is 23.1. The van der Waals surface area contributed by atoms with Gasteiger partial charge in [-0.05, 0) is 55.9 Å². The van der Waals surface area contributed by atoms with E-state index in [1.54, 1.807) is 0 Å². The highest BCUT2D eigenvalue weighted by Crippen LogP contribution is 2.39. The molecule has 32 heavy (non-hydrogen) atoms. The Bertz CT molecular complexity index is 1000. The molecule has 3 heterocycles. The van der Waals surface area contributed by atoms with E-state index in [1.165, 1.54) is 24.4 Å². The molecule has 1 aliphatic carbocycles. The van der Waals surface area contributed by atoms with Crippen molar-refractivity contribution in [3.8, 4) is 0 Å². The molecule has 2 aliphatic rings. The number of anilines is 2. The first-order valence-corrected chi connectivity index (χ1v) is 10.9. The number of pyridine rings is 2. The molecule has 4 rings (SSSR count). The van der Waals surface area contributed by atoms with Crippen molar-refractivity contribution >= 4 is 17.4 Å². The Morgan fingerprint density at radius 3 is 2.66 bits per heavy atom. The van der Waals surface area contributed by atoms with Gasteiger partial charge >= 0.3 is 6.18 Å². The number of aromatic nitrogens is 2. The maximum absolute atomic E-state index is 13.7. The van der Waals surface area contributed by atoms with Gasteiger partial charge in [-0.25, -0.2) is 9.97 Å². The Morgan fingerprint density at radius 1 is 1.31 bits per heavy atom. The van der Waals surface area contributed by atoms with Crippen molar-refractivity contribution in [1.29, 1.82) is 0 Å². The van der Waals surface area contributed by atoms with Crippen molar-refractivity contribution in [1.82, 2.24) is 15.3 Å². The van der Waals surface area contributed by atoms with Crippen LogP contribution in [0.1, 0.15) is 61.1 Å². The molecule has 0 bridgehead atoms. The highest BCUT2D eigenvalue weighted by Gasteiger charge is 2.44. The normalized spacial score (nSPS) is 20.4. The molecule has 0 aromatic carbocycles. The van der Waals surface area contributed by atoms with Crippen LogP contribution in [0.5, 0.6) is 0 Å².